The molecule has 0 saturated carbocycles. The molecule has 1 aliphatic heterocycles. The van der Waals surface area contributed by atoms with Crippen molar-refractivity contribution in [2.45, 2.75) is 52.2 Å². The number of carbonyl (C=O) groups excluding carboxylic acids is 2. The summed E-state index contributed by atoms with van der Waals surface area (Å²) in [6, 6.07) is 0.636. The van der Waals surface area contributed by atoms with E-state index in [1.54, 1.807) is 11.1 Å². The third kappa shape index (κ3) is 5.38. The SMILES string of the molecule is Cc1nc2nc(NC(C)c3cncc(F)c3)nc(C(=O)N3CC(NC(=O)NC(C)(C)C)C3)c2s1. The second-order valence-electron chi connectivity index (χ2n) is 9.34. The molecule has 0 aliphatic carbocycles. The third-order valence-electron chi connectivity index (χ3n) is 5.13. The van der Waals surface area contributed by atoms with Gasteiger partial charge >= 0.3 is 6.03 Å². The number of carbonyl (C=O) groups is 2. The lowest BCUT2D eigenvalue weighted by Gasteiger charge is -2.39. The summed E-state index contributed by atoms with van der Waals surface area (Å²) in [7, 11) is 0. The van der Waals surface area contributed by atoms with Crippen molar-refractivity contribution >= 4 is 39.6 Å². The van der Waals surface area contributed by atoms with Crippen molar-refractivity contribution in [1.29, 1.82) is 0 Å². The first-order valence-corrected chi connectivity index (χ1v) is 11.7. The molecule has 34 heavy (non-hydrogen) atoms. The minimum atomic E-state index is -0.439. The molecule has 0 bridgehead atoms. The molecule has 1 atom stereocenters. The molecule has 0 spiro atoms. The predicted molar refractivity (Wildman–Crippen MR) is 127 cm³/mol. The molecule has 1 unspecified atom stereocenters. The predicted octanol–water partition coefficient (Wildman–Crippen LogP) is 3.02. The van der Waals surface area contributed by atoms with E-state index in [-0.39, 0.29) is 41.2 Å². The van der Waals surface area contributed by atoms with Crippen LogP contribution in [-0.2, 0) is 0 Å². The van der Waals surface area contributed by atoms with Crippen LogP contribution in [0, 0.1) is 12.7 Å². The van der Waals surface area contributed by atoms with Gasteiger partial charge < -0.3 is 20.9 Å². The first kappa shape index (κ1) is 23.7. The fourth-order valence-electron chi connectivity index (χ4n) is 3.53. The van der Waals surface area contributed by atoms with Crippen LogP contribution >= 0.6 is 11.3 Å². The number of aryl methyl sites for hydroxylation is 1. The molecule has 3 aromatic heterocycles. The second kappa shape index (κ2) is 9.09. The van der Waals surface area contributed by atoms with Crippen LogP contribution in [0.2, 0.25) is 0 Å². The van der Waals surface area contributed by atoms with Gasteiger partial charge in [0.2, 0.25) is 5.95 Å². The Morgan fingerprint density at radius 3 is 2.62 bits per heavy atom. The highest BCUT2D eigenvalue weighted by atomic mass is 32.1. The maximum absolute atomic E-state index is 13.6. The van der Waals surface area contributed by atoms with E-state index in [1.807, 2.05) is 34.6 Å². The summed E-state index contributed by atoms with van der Waals surface area (Å²) in [6.07, 6.45) is 2.69. The number of pyridine rings is 1. The summed E-state index contributed by atoms with van der Waals surface area (Å²) >= 11 is 1.35. The number of anilines is 1. The normalized spacial score (nSPS) is 15.1. The van der Waals surface area contributed by atoms with Gasteiger partial charge in [0.15, 0.2) is 11.3 Å². The third-order valence-corrected chi connectivity index (χ3v) is 6.09. The van der Waals surface area contributed by atoms with Crippen molar-refractivity contribution in [2.75, 3.05) is 18.4 Å². The molecule has 1 fully saturated rings. The summed E-state index contributed by atoms with van der Waals surface area (Å²) in [5.74, 6) is -0.475. The number of nitrogens with zero attached hydrogens (tertiary/aromatic N) is 5. The van der Waals surface area contributed by atoms with E-state index in [0.717, 1.165) is 11.2 Å². The van der Waals surface area contributed by atoms with Gasteiger partial charge in [0, 0.05) is 24.8 Å². The minimum Gasteiger partial charge on any atom is -0.348 e. The van der Waals surface area contributed by atoms with E-state index in [2.05, 4.69) is 35.9 Å². The van der Waals surface area contributed by atoms with E-state index >= 15 is 0 Å². The van der Waals surface area contributed by atoms with Crippen molar-refractivity contribution in [1.82, 2.24) is 35.5 Å². The lowest BCUT2D eigenvalue weighted by Crippen LogP contribution is -2.63. The Morgan fingerprint density at radius 1 is 1.21 bits per heavy atom. The molecule has 3 N–H and O–H groups in total. The van der Waals surface area contributed by atoms with Crippen LogP contribution in [0.5, 0.6) is 0 Å². The van der Waals surface area contributed by atoms with Gasteiger partial charge in [0.05, 0.1) is 23.3 Å². The van der Waals surface area contributed by atoms with Crippen LogP contribution in [0.1, 0.15) is 54.8 Å². The van der Waals surface area contributed by atoms with Crippen LogP contribution < -0.4 is 16.0 Å². The number of fused-ring (bicyclic) bond motifs is 1. The van der Waals surface area contributed by atoms with E-state index in [0.29, 0.717) is 29.0 Å². The quantitative estimate of drug-likeness (QED) is 0.506. The van der Waals surface area contributed by atoms with Crippen molar-refractivity contribution in [3.05, 3.63) is 40.5 Å². The highest BCUT2D eigenvalue weighted by Gasteiger charge is 2.35. The molecular formula is C22H27FN8O2S. The number of hydrogen-bond acceptors (Lipinski definition) is 8. The number of aromatic nitrogens is 4. The number of likely N-dealkylation sites (tertiary alicyclic amines) is 1. The molecule has 1 aliphatic rings. The molecule has 3 aromatic rings. The van der Waals surface area contributed by atoms with Gasteiger partial charge in [-0.2, -0.15) is 4.98 Å². The number of rotatable bonds is 5. The lowest BCUT2D eigenvalue weighted by molar-refractivity contribution is 0.0572. The standard InChI is InChI=1S/C22H27FN8O2S/c1-11(13-6-14(23)8-24-7-13)25-20-28-16(17-18(29-20)26-12(2)34-17)19(32)31-9-15(10-31)27-21(33)30-22(3,4)5/h6-8,11,15H,9-10H2,1-5H3,(H,25,28,29)(H2,27,30,33). The van der Waals surface area contributed by atoms with Crippen LogP contribution in [-0.4, -0.2) is 61.4 Å². The zero-order valence-corrected chi connectivity index (χ0v) is 20.5. The molecule has 1 saturated heterocycles. The van der Waals surface area contributed by atoms with Gasteiger partial charge in [-0.05, 0) is 46.2 Å². The van der Waals surface area contributed by atoms with Crippen molar-refractivity contribution in [2.24, 2.45) is 0 Å². The molecular weight excluding hydrogens is 459 g/mol. The first-order valence-electron chi connectivity index (χ1n) is 10.9. The highest BCUT2D eigenvalue weighted by Crippen LogP contribution is 2.28. The first-order chi connectivity index (χ1) is 16.0. The Kier molecular flexibility index (Phi) is 6.34. The van der Waals surface area contributed by atoms with Gasteiger partial charge in [-0.1, -0.05) is 0 Å². The Balaban J connectivity index is 1.50. The van der Waals surface area contributed by atoms with E-state index < -0.39 is 5.82 Å². The molecule has 4 rings (SSSR count). The van der Waals surface area contributed by atoms with Crippen molar-refractivity contribution in [3.63, 3.8) is 0 Å². The molecule has 0 aromatic carbocycles. The van der Waals surface area contributed by atoms with Crippen LogP contribution in [0.4, 0.5) is 15.1 Å². The van der Waals surface area contributed by atoms with Gasteiger partial charge in [-0.25, -0.2) is 19.2 Å². The van der Waals surface area contributed by atoms with Gasteiger partial charge in [-0.3, -0.25) is 9.78 Å². The van der Waals surface area contributed by atoms with E-state index in [1.165, 1.54) is 17.4 Å². The number of halogens is 1. The van der Waals surface area contributed by atoms with Crippen molar-refractivity contribution < 1.29 is 14.0 Å². The Labute approximate surface area is 200 Å². The Morgan fingerprint density at radius 2 is 1.94 bits per heavy atom. The van der Waals surface area contributed by atoms with E-state index in [9.17, 15) is 14.0 Å². The number of urea groups is 1. The summed E-state index contributed by atoms with van der Waals surface area (Å²) in [5.41, 5.74) is 0.950. The average Bonchev–Trinajstić information content (AvgIpc) is 3.08. The minimum absolute atomic E-state index is 0.134. The Bertz CT molecular complexity index is 1240. The fraction of sp³-hybridized carbons (Fsp3) is 0.455. The van der Waals surface area contributed by atoms with Crippen LogP contribution in [0.15, 0.2) is 18.5 Å². The molecule has 12 heteroatoms. The number of nitrogens with one attached hydrogen (secondary N) is 3. The maximum Gasteiger partial charge on any atom is 0.315 e. The summed E-state index contributed by atoms with van der Waals surface area (Å²) in [4.78, 5) is 44.2. The molecule has 180 valence electrons. The number of hydrogen-bond donors (Lipinski definition) is 3. The molecule has 4 heterocycles. The van der Waals surface area contributed by atoms with Crippen molar-refractivity contribution in [3.8, 4) is 0 Å². The largest absolute Gasteiger partial charge is 0.348 e. The molecule has 0 radical (unpaired) electrons. The summed E-state index contributed by atoms with van der Waals surface area (Å²) in [5, 5.41) is 9.60. The summed E-state index contributed by atoms with van der Waals surface area (Å²) < 4.78 is 14.2. The zero-order chi connectivity index (χ0) is 24.6. The average molecular weight is 487 g/mol. The zero-order valence-electron chi connectivity index (χ0n) is 19.6. The topological polar surface area (TPSA) is 125 Å². The fourth-order valence-corrected chi connectivity index (χ4v) is 4.37. The number of amides is 3. The smallest absolute Gasteiger partial charge is 0.315 e. The Hall–Kier alpha value is -3.41. The second-order valence-corrected chi connectivity index (χ2v) is 10.5. The van der Waals surface area contributed by atoms with Gasteiger partial charge in [-0.15, -0.1) is 11.3 Å². The maximum atomic E-state index is 13.6. The van der Waals surface area contributed by atoms with Crippen LogP contribution in [0.3, 0.4) is 0 Å². The van der Waals surface area contributed by atoms with Gasteiger partial charge in [0.25, 0.3) is 5.91 Å². The van der Waals surface area contributed by atoms with E-state index in [4.69, 9.17) is 0 Å². The molecule has 3 amide bonds. The molecule has 10 nitrogen and oxygen atoms in total. The monoisotopic (exact) mass is 486 g/mol. The lowest BCUT2D eigenvalue weighted by atomic mass is 10.1. The number of thiazole rings is 1. The summed E-state index contributed by atoms with van der Waals surface area (Å²) in [6.45, 7) is 10.1. The van der Waals surface area contributed by atoms with Gasteiger partial charge in [0.1, 0.15) is 10.5 Å². The van der Waals surface area contributed by atoms with Crippen LogP contribution in [0.25, 0.3) is 10.3 Å². The highest BCUT2D eigenvalue weighted by molar-refractivity contribution is 7.18.